The van der Waals surface area contributed by atoms with Gasteiger partial charge in [-0.15, -0.1) is 0 Å². The number of carbonyl (C=O) groups excluding carboxylic acids is 1. The first-order valence-electron chi connectivity index (χ1n) is 9.94. The molecule has 1 nitrogen and oxygen atoms in total. The molecule has 0 aromatic heterocycles. The normalized spacial score (nSPS) is 54.2. The summed E-state index contributed by atoms with van der Waals surface area (Å²) in [5, 5.41) is 0. The van der Waals surface area contributed by atoms with Gasteiger partial charge in [0.25, 0.3) is 0 Å². The van der Waals surface area contributed by atoms with Crippen LogP contribution in [0.5, 0.6) is 0 Å². The smallest absolute Gasteiger partial charge is 0.132 e. The Balaban J connectivity index is 1.58. The van der Waals surface area contributed by atoms with Crippen molar-refractivity contribution >= 4 is 5.78 Å². The van der Waals surface area contributed by atoms with Crippen LogP contribution in [0.4, 0.5) is 0 Å². The van der Waals surface area contributed by atoms with E-state index in [1.54, 1.807) is 0 Å². The average Bonchev–Trinajstić information content (AvgIpc) is 2.88. The summed E-state index contributed by atoms with van der Waals surface area (Å²) in [7, 11) is 0. The Kier molecular flexibility index (Phi) is 3.51. The molecule has 0 N–H and O–H groups in total. The van der Waals surface area contributed by atoms with Gasteiger partial charge in [0.05, 0.1) is 0 Å². The van der Waals surface area contributed by atoms with E-state index in [4.69, 9.17) is 0 Å². The SMILES string of the molecule is CC(=O)[C@@H]1CC[C@@]2(C)[C@@H](CC[C@H]3[C@@H]4CCC[C@@]4(C)CC[C@@H]32)C1. The highest BCUT2D eigenvalue weighted by molar-refractivity contribution is 5.78. The van der Waals surface area contributed by atoms with Crippen LogP contribution in [0.3, 0.4) is 0 Å². The Morgan fingerprint density at radius 2 is 1.73 bits per heavy atom. The third kappa shape index (κ3) is 2.06. The standard InChI is InChI=1S/C21H34O/c1-14(22)15-8-12-21(3)16(13-15)6-7-17-18-5-4-10-20(18,2)11-9-19(17)21/h15-19H,4-13H2,1-3H3/t15-,16+,17+,18+,19+,20+,21+/m1/s1. The maximum Gasteiger partial charge on any atom is 0.132 e. The molecule has 0 amide bonds. The minimum atomic E-state index is 0.384. The second kappa shape index (κ2) is 5.08. The van der Waals surface area contributed by atoms with Crippen molar-refractivity contribution in [3.05, 3.63) is 0 Å². The van der Waals surface area contributed by atoms with Crippen molar-refractivity contribution in [2.75, 3.05) is 0 Å². The van der Waals surface area contributed by atoms with E-state index >= 15 is 0 Å². The zero-order valence-electron chi connectivity index (χ0n) is 14.9. The molecule has 22 heavy (non-hydrogen) atoms. The summed E-state index contributed by atoms with van der Waals surface area (Å²) in [5.74, 6) is 4.68. The van der Waals surface area contributed by atoms with E-state index < -0.39 is 0 Å². The van der Waals surface area contributed by atoms with Crippen LogP contribution in [0.25, 0.3) is 0 Å². The highest BCUT2D eigenvalue weighted by Crippen LogP contribution is 2.66. The molecule has 0 aliphatic heterocycles. The van der Waals surface area contributed by atoms with Crippen LogP contribution < -0.4 is 0 Å². The maximum atomic E-state index is 11.9. The van der Waals surface area contributed by atoms with Gasteiger partial charge in [0.1, 0.15) is 5.78 Å². The molecule has 7 atom stereocenters. The molecule has 4 fully saturated rings. The van der Waals surface area contributed by atoms with Gasteiger partial charge in [-0.25, -0.2) is 0 Å². The first-order chi connectivity index (χ1) is 10.4. The van der Waals surface area contributed by atoms with Gasteiger partial charge in [0.2, 0.25) is 0 Å². The number of carbonyl (C=O) groups is 1. The zero-order chi connectivity index (χ0) is 15.5. The van der Waals surface area contributed by atoms with Crippen LogP contribution in [0.2, 0.25) is 0 Å². The van der Waals surface area contributed by atoms with E-state index in [1.807, 2.05) is 6.92 Å². The number of hydrogen-bond donors (Lipinski definition) is 0. The molecule has 0 saturated heterocycles. The lowest BCUT2D eigenvalue weighted by Gasteiger charge is -2.60. The molecular formula is C21H34O. The van der Waals surface area contributed by atoms with Crippen LogP contribution in [-0.4, -0.2) is 5.78 Å². The highest BCUT2D eigenvalue weighted by atomic mass is 16.1. The summed E-state index contributed by atoms with van der Waals surface area (Å²) in [4.78, 5) is 11.9. The van der Waals surface area contributed by atoms with Crippen molar-refractivity contribution in [3.63, 3.8) is 0 Å². The molecular weight excluding hydrogens is 268 g/mol. The first kappa shape index (κ1) is 15.2. The van der Waals surface area contributed by atoms with Crippen molar-refractivity contribution in [2.24, 2.45) is 40.4 Å². The van der Waals surface area contributed by atoms with Crippen LogP contribution in [-0.2, 0) is 4.79 Å². The minimum absolute atomic E-state index is 0.384. The second-order valence-electron chi connectivity index (χ2n) is 9.82. The molecule has 124 valence electrons. The van der Waals surface area contributed by atoms with Crippen LogP contribution in [0, 0.1) is 40.4 Å². The van der Waals surface area contributed by atoms with E-state index in [0.717, 1.165) is 23.7 Å². The van der Waals surface area contributed by atoms with Crippen molar-refractivity contribution < 1.29 is 4.79 Å². The molecule has 4 aliphatic carbocycles. The summed E-state index contributed by atoms with van der Waals surface area (Å²) < 4.78 is 0. The predicted molar refractivity (Wildman–Crippen MR) is 90.5 cm³/mol. The molecule has 4 saturated carbocycles. The van der Waals surface area contributed by atoms with Gasteiger partial charge in [0.15, 0.2) is 0 Å². The molecule has 4 aliphatic rings. The van der Waals surface area contributed by atoms with Crippen molar-refractivity contribution in [1.29, 1.82) is 0 Å². The van der Waals surface area contributed by atoms with Gasteiger partial charge < -0.3 is 0 Å². The topological polar surface area (TPSA) is 17.1 Å². The summed E-state index contributed by atoms with van der Waals surface area (Å²) in [6.07, 6.45) is 14.0. The summed E-state index contributed by atoms with van der Waals surface area (Å²) in [6.45, 7) is 7.04. The van der Waals surface area contributed by atoms with Gasteiger partial charge in [-0.1, -0.05) is 20.3 Å². The summed E-state index contributed by atoms with van der Waals surface area (Å²) >= 11 is 0. The molecule has 0 bridgehead atoms. The molecule has 0 unspecified atom stereocenters. The predicted octanol–water partition coefficient (Wildman–Crippen LogP) is 5.62. The molecule has 4 rings (SSSR count). The Morgan fingerprint density at radius 1 is 0.909 bits per heavy atom. The lowest BCUT2D eigenvalue weighted by Crippen LogP contribution is -2.53. The third-order valence-corrected chi connectivity index (χ3v) is 9.02. The van der Waals surface area contributed by atoms with E-state index in [1.165, 1.54) is 64.2 Å². The highest BCUT2D eigenvalue weighted by Gasteiger charge is 2.57. The van der Waals surface area contributed by atoms with E-state index in [-0.39, 0.29) is 0 Å². The number of ketones is 1. The van der Waals surface area contributed by atoms with Gasteiger partial charge in [0, 0.05) is 5.92 Å². The fourth-order valence-electron chi connectivity index (χ4n) is 7.62. The fraction of sp³-hybridized carbons (Fsp3) is 0.952. The lowest BCUT2D eigenvalue weighted by atomic mass is 9.44. The second-order valence-corrected chi connectivity index (χ2v) is 9.82. The number of fused-ring (bicyclic) bond motifs is 5. The monoisotopic (exact) mass is 302 g/mol. The van der Waals surface area contributed by atoms with Gasteiger partial charge in [-0.3, -0.25) is 4.79 Å². The molecule has 0 radical (unpaired) electrons. The molecule has 1 heteroatoms. The van der Waals surface area contributed by atoms with Crippen molar-refractivity contribution in [3.8, 4) is 0 Å². The van der Waals surface area contributed by atoms with Crippen molar-refractivity contribution in [2.45, 2.75) is 85.0 Å². The quantitative estimate of drug-likeness (QED) is 0.614. The Hall–Kier alpha value is -0.330. The third-order valence-electron chi connectivity index (χ3n) is 9.02. The molecule has 0 spiro atoms. The van der Waals surface area contributed by atoms with E-state index in [0.29, 0.717) is 22.5 Å². The van der Waals surface area contributed by atoms with Gasteiger partial charge >= 0.3 is 0 Å². The van der Waals surface area contributed by atoms with Crippen LogP contribution in [0.1, 0.15) is 85.0 Å². The molecule has 0 aromatic rings. The number of hydrogen-bond acceptors (Lipinski definition) is 1. The van der Waals surface area contributed by atoms with Crippen molar-refractivity contribution in [1.82, 2.24) is 0 Å². The fourth-order valence-corrected chi connectivity index (χ4v) is 7.62. The van der Waals surface area contributed by atoms with Gasteiger partial charge in [-0.2, -0.15) is 0 Å². The average molecular weight is 303 g/mol. The largest absolute Gasteiger partial charge is 0.300 e. The first-order valence-corrected chi connectivity index (χ1v) is 9.94. The van der Waals surface area contributed by atoms with Crippen LogP contribution >= 0.6 is 0 Å². The number of rotatable bonds is 1. The maximum absolute atomic E-state index is 11.9. The lowest BCUT2D eigenvalue weighted by molar-refractivity contribution is -0.133. The Labute approximate surface area is 136 Å². The Morgan fingerprint density at radius 3 is 2.50 bits per heavy atom. The van der Waals surface area contributed by atoms with Crippen LogP contribution in [0.15, 0.2) is 0 Å². The molecule has 0 heterocycles. The number of Topliss-reactive ketones (excluding diaryl/α,β-unsaturated/α-hetero) is 1. The molecule has 0 aromatic carbocycles. The van der Waals surface area contributed by atoms with E-state index in [2.05, 4.69) is 13.8 Å². The van der Waals surface area contributed by atoms with E-state index in [9.17, 15) is 4.79 Å². The zero-order valence-corrected chi connectivity index (χ0v) is 14.9. The summed E-state index contributed by atoms with van der Waals surface area (Å²) in [5.41, 5.74) is 1.24. The minimum Gasteiger partial charge on any atom is -0.300 e. The summed E-state index contributed by atoms with van der Waals surface area (Å²) in [6, 6.07) is 0. The Bertz CT molecular complexity index is 469. The van der Waals surface area contributed by atoms with Gasteiger partial charge in [-0.05, 0) is 99.2 Å².